The van der Waals surface area contributed by atoms with Gasteiger partial charge in [0.1, 0.15) is 0 Å². The average Bonchev–Trinajstić information content (AvgIpc) is 2.87. The van der Waals surface area contributed by atoms with Gasteiger partial charge in [-0.05, 0) is 58.8 Å². The lowest BCUT2D eigenvalue weighted by Gasteiger charge is -2.01. The summed E-state index contributed by atoms with van der Waals surface area (Å²) in [6.45, 7) is 2.81. The standard InChI is InChI=1S/C12H10BrN3S2/c1-7-4-5-14-11-10(7)15-12(17)16(11)6-8-2-3-9(13)18-8/h2-5H,6H2,1H3,(H,15,17). The predicted molar refractivity (Wildman–Crippen MR) is 80.8 cm³/mol. The van der Waals surface area contributed by atoms with Crippen LogP contribution in [0.4, 0.5) is 0 Å². The zero-order valence-corrected chi connectivity index (χ0v) is 12.8. The molecule has 3 nitrogen and oxygen atoms in total. The molecule has 3 aromatic heterocycles. The number of H-pyrrole nitrogens is 1. The molecule has 6 heteroatoms. The summed E-state index contributed by atoms with van der Waals surface area (Å²) >= 11 is 10.6. The molecule has 0 fully saturated rings. The third-order valence-electron chi connectivity index (χ3n) is 2.81. The van der Waals surface area contributed by atoms with Crippen molar-refractivity contribution >= 4 is 50.6 Å². The largest absolute Gasteiger partial charge is 0.329 e. The summed E-state index contributed by atoms with van der Waals surface area (Å²) in [5.74, 6) is 0. The molecule has 1 N–H and O–H groups in total. The number of nitrogens with zero attached hydrogens (tertiary/aromatic N) is 2. The Bertz CT molecular complexity index is 769. The van der Waals surface area contributed by atoms with Gasteiger partial charge in [0.15, 0.2) is 10.4 Å². The van der Waals surface area contributed by atoms with Gasteiger partial charge in [-0.15, -0.1) is 11.3 Å². The molecule has 0 saturated heterocycles. The molecule has 0 aromatic carbocycles. The number of thiophene rings is 1. The van der Waals surface area contributed by atoms with Crippen molar-refractivity contribution in [1.29, 1.82) is 0 Å². The van der Waals surface area contributed by atoms with Crippen molar-refractivity contribution < 1.29 is 0 Å². The summed E-state index contributed by atoms with van der Waals surface area (Å²) in [5, 5.41) is 0. The van der Waals surface area contributed by atoms with E-state index in [4.69, 9.17) is 12.2 Å². The summed E-state index contributed by atoms with van der Waals surface area (Å²) in [6, 6.07) is 6.14. The van der Waals surface area contributed by atoms with Crippen LogP contribution < -0.4 is 0 Å². The zero-order chi connectivity index (χ0) is 12.7. The van der Waals surface area contributed by atoms with E-state index in [0.29, 0.717) is 0 Å². The van der Waals surface area contributed by atoms with E-state index in [-0.39, 0.29) is 0 Å². The van der Waals surface area contributed by atoms with Crippen LogP contribution in [0.15, 0.2) is 28.2 Å². The van der Waals surface area contributed by atoms with E-state index >= 15 is 0 Å². The minimum Gasteiger partial charge on any atom is -0.329 e. The van der Waals surface area contributed by atoms with Gasteiger partial charge in [-0.25, -0.2) is 4.98 Å². The van der Waals surface area contributed by atoms with Crippen LogP contribution >= 0.6 is 39.5 Å². The topological polar surface area (TPSA) is 33.6 Å². The molecule has 18 heavy (non-hydrogen) atoms. The second-order valence-corrected chi connectivity index (χ2v) is 6.98. The van der Waals surface area contributed by atoms with Crippen LogP contribution in [0.25, 0.3) is 11.2 Å². The van der Waals surface area contributed by atoms with Crippen LogP contribution in [-0.4, -0.2) is 14.5 Å². The normalized spacial score (nSPS) is 11.2. The molecule has 3 heterocycles. The molecule has 0 aliphatic carbocycles. The van der Waals surface area contributed by atoms with Crippen molar-refractivity contribution in [1.82, 2.24) is 14.5 Å². The van der Waals surface area contributed by atoms with Crippen LogP contribution in [0.5, 0.6) is 0 Å². The molecular formula is C12H10BrN3S2. The van der Waals surface area contributed by atoms with Crippen LogP contribution in [0.1, 0.15) is 10.4 Å². The van der Waals surface area contributed by atoms with Gasteiger partial charge in [-0.3, -0.25) is 4.57 Å². The number of aryl methyl sites for hydroxylation is 1. The monoisotopic (exact) mass is 339 g/mol. The first-order valence-electron chi connectivity index (χ1n) is 5.43. The molecule has 0 amide bonds. The highest BCUT2D eigenvalue weighted by atomic mass is 79.9. The number of aromatic amines is 1. The summed E-state index contributed by atoms with van der Waals surface area (Å²) in [6.07, 6.45) is 1.82. The molecule has 0 saturated carbocycles. The average molecular weight is 340 g/mol. The molecular weight excluding hydrogens is 330 g/mol. The first-order valence-corrected chi connectivity index (χ1v) is 7.45. The Balaban J connectivity index is 2.14. The van der Waals surface area contributed by atoms with Crippen LogP contribution in [0.3, 0.4) is 0 Å². The number of halogens is 1. The van der Waals surface area contributed by atoms with Crippen molar-refractivity contribution in [3.8, 4) is 0 Å². The molecule has 0 atom stereocenters. The van der Waals surface area contributed by atoms with Gasteiger partial charge in [0.05, 0.1) is 15.8 Å². The minimum absolute atomic E-state index is 0.719. The summed E-state index contributed by atoms with van der Waals surface area (Å²) < 4.78 is 3.89. The summed E-state index contributed by atoms with van der Waals surface area (Å²) in [4.78, 5) is 8.91. The smallest absolute Gasteiger partial charge is 0.179 e. The highest BCUT2D eigenvalue weighted by molar-refractivity contribution is 9.11. The Kier molecular flexibility index (Phi) is 3.09. The predicted octanol–water partition coefficient (Wildman–Crippen LogP) is 4.27. The van der Waals surface area contributed by atoms with Crippen molar-refractivity contribution in [3.05, 3.63) is 43.4 Å². The maximum atomic E-state index is 5.38. The quantitative estimate of drug-likeness (QED) is 0.707. The number of pyridine rings is 1. The Morgan fingerprint density at radius 1 is 1.44 bits per heavy atom. The number of imidazole rings is 1. The lowest BCUT2D eigenvalue weighted by molar-refractivity contribution is 0.813. The second kappa shape index (κ2) is 4.60. The molecule has 3 aromatic rings. The van der Waals surface area contributed by atoms with Gasteiger partial charge in [0.2, 0.25) is 0 Å². The number of fused-ring (bicyclic) bond motifs is 1. The van der Waals surface area contributed by atoms with E-state index in [2.05, 4.69) is 45.0 Å². The van der Waals surface area contributed by atoms with Gasteiger partial charge in [0, 0.05) is 11.1 Å². The second-order valence-electron chi connectivity index (χ2n) is 4.05. The maximum Gasteiger partial charge on any atom is 0.179 e. The highest BCUT2D eigenvalue weighted by Crippen LogP contribution is 2.24. The van der Waals surface area contributed by atoms with Crippen LogP contribution in [-0.2, 0) is 6.54 Å². The number of aromatic nitrogens is 3. The fraction of sp³-hybridized carbons (Fsp3) is 0.167. The lowest BCUT2D eigenvalue weighted by Crippen LogP contribution is -1.98. The number of nitrogens with one attached hydrogen (secondary N) is 1. The Labute approximate surface area is 122 Å². The van der Waals surface area contributed by atoms with Gasteiger partial charge in [-0.1, -0.05) is 0 Å². The van der Waals surface area contributed by atoms with Crippen LogP contribution in [0.2, 0.25) is 0 Å². The molecule has 0 bridgehead atoms. The fourth-order valence-electron chi connectivity index (χ4n) is 1.91. The van der Waals surface area contributed by atoms with Crippen LogP contribution in [0, 0.1) is 11.7 Å². The van der Waals surface area contributed by atoms with Gasteiger partial charge < -0.3 is 4.98 Å². The van der Waals surface area contributed by atoms with E-state index in [9.17, 15) is 0 Å². The van der Waals surface area contributed by atoms with E-state index in [1.165, 1.54) is 4.88 Å². The zero-order valence-electron chi connectivity index (χ0n) is 9.61. The Morgan fingerprint density at radius 2 is 2.28 bits per heavy atom. The SMILES string of the molecule is Cc1ccnc2c1[nH]c(=S)n2Cc1ccc(Br)s1. The van der Waals surface area contributed by atoms with E-state index < -0.39 is 0 Å². The molecule has 0 aliphatic heterocycles. The van der Waals surface area contributed by atoms with E-state index in [1.54, 1.807) is 11.3 Å². The number of hydrogen-bond acceptors (Lipinski definition) is 3. The summed E-state index contributed by atoms with van der Waals surface area (Å²) in [5.41, 5.74) is 3.11. The third kappa shape index (κ3) is 2.04. The summed E-state index contributed by atoms with van der Waals surface area (Å²) in [7, 11) is 0. The molecule has 3 rings (SSSR count). The van der Waals surface area contributed by atoms with Gasteiger partial charge in [0.25, 0.3) is 0 Å². The van der Waals surface area contributed by atoms with Gasteiger partial charge >= 0.3 is 0 Å². The van der Waals surface area contributed by atoms with Crippen molar-refractivity contribution in [2.45, 2.75) is 13.5 Å². The fourth-order valence-corrected chi connectivity index (χ4v) is 3.64. The molecule has 0 spiro atoms. The first-order chi connectivity index (χ1) is 8.65. The van der Waals surface area contributed by atoms with Crippen molar-refractivity contribution in [2.75, 3.05) is 0 Å². The maximum absolute atomic E-state index is 5.38. The number of hydrogen-bond donors (Lipinski definition) is 1. The Morgan fingerprint density at radius 3 is 3.00 bits per heavy atom. The number of rotatable bonds is 2. The van der Waals surface area contributed by atoms with E-state index in [0.717, 1.165) is 31.8 Å². The molecule has 92 valence electrons. The highest BCUT2D eigenvalue weighted by Gasteiger charge is 2.08. The molecule has 0 aliphatic rings. The minimum atomic E-state index is 0.719. The lowest BCUT2D eigenvalue weighted by atomic mass is 10.3. The molecule has 0 radical (unpaired) electrons. The molecule has 0 unspecified atom stereocenters. The van der Waals surface area contributed by atoms with Gasteiger partial charge in [-0.2, -0.15) is 0 Å². The first kappa shape index (κ1) is 12.1. The van der Waals surface area contributed by atoms with Crippen molar-refractivity contribution in [2.24, 2.45) is 0 Å². The Hall–Kier alpha value is -0.980. The van der Waals surface area contributed by atoms with E-state index in [1.807, 2.05) is 16.8 Å². The third-order valence-corrected chi connectivity index (χ3v) is 4.75. The van der Waals surface area contributed by atoms with Crippen molar-refractivity contribution in [3.63, 3.8) is 0 Å².